The predicted molar refractivity (Wildman–Crippen MR) is 91.1 cm³/mol. The van der Waals surface area contributed by atoms with Crippen LogP contribution in [0.1, 0.15) is 19.0 Å². The van der Waals surface area contributed by atoms with E-state index in [2.05, 4.69) is 25.3 Å². The maximum atomic E-state index is 12.8. The minimum atomic E-state index is -4.48. The summed E-state index contributed by atoms with van der Waals surface area (Å²) in [6.45, 7) is 4.06. The Labute approximate surface area is 152 Å². The number of hydrogen-bond acceptors (Lipinski definition) is 6. The van der Waals surface area contributed by atoms with Gasteiger partial charge in [0, 0.05) is 24.8 Å². The van der Waals surface area contributed by atoms with Crippen LogP contribution in [0.25, 0.3) is 22.6 Å². The van der Waals surface area contributed by atoms with Crippen molar-refractivity contribution < 1.29 is 17.9 Å². The number of ether oxygens (including phenoxy) is 1. The van der Waals surface area contributed by atoms with Crippen LogP contribution in [0.15, 0.2) is 24.7 Å². The highest BCUT2D eigenvalue weighted by Gasteiger charge is 2.32. The van der Waals surface area contributed by atoms with Gasteiger partial charge in [0.05, 0.1) is 0 Å². The van der Waals surface area contributed by atoms with Crippen LogP contribution in [0.4, 0.5) is 13.2 Å². The Hall–Kier alpha value is -2.75. The Kier molecular flexibility index (Phi) is 4.42. The lowest BCUT2D eigenvalue weighted by Crippen LogP contribution is -2.20. The predicted octanol–water partition coefficient (Wildman–Crippen LogP) is 2.67. The number of aryl methyl sites for hydroxylation is 1. The molecular weight excluding hydrogens is 361 g/mol. The highest BCUT2D eigenvalue weighted by Crippen LogP contribution is 2.31. The van der Waals surface area contributed by atoms with Crippen molar-refractivity contribution in [2.75, 3.05) is 13.1 Å². The van der Waals surface area contributed by atoms with Crippen molar-refractivity contribution in [2.45, 2.75) is 32.2 Å². The van der Waals surface area contributed by atoms with E-state index >= 15 is 0 Å². The van der Waals surface area contributed by atoms with Crippen LogP contribution < -0.4 is 10.1 Å². The van der Waals surface area contributed by atoms with Gasteiger partial charge in [0.15, 0.2) is 11.2 Å². The summed E-state index contributed by atoms with van der Waals surface area (Å²) in [5, 5.41) is 3.22. The number of aromatic nitrogens is 5. The Morgan fingerprint density at radius 3 is 2.74 bits per heavy atom. The van der Waals surface area contributed by atoms with Gasteiger partial charge in [-0.25, -0.2) is 9.97 Å². The third-order valence-corrected chi connectivity index (χ3v) is 4.42. The lowest BCUT2D eigenvalue weighted by molar-refractivity contribution is -0.141. The SMILES string of the molecule is CCn1c(-c2ccc(C(F)(F)F)nc2)nc2c(OC3CCNC3)ncnc21. The lowest BCUT2D eigenvalue weighted by atomic mass is 10.2. The number of pyridine rings is 1. The third kappa shape index (κ3) is 3.32. The standard InChI is InChI=1S/C17H17F3N6O/c1-2-26-14(10-3-4-12(22-7-10)17(18,19)20)25-13-15(26)23-9-24-16(13)27-11-5-6-21-8-11/h3-4,7,9,11,21H,2,5-6,8H2,1H3. The molecule has 27 heavy (non-hydrogen) atoms. The van der Waals surface area contributed by atoms with E-state index in [1.165, 1.54) is 18.6 Å². The van der Waals surface area contributed by atoms with Crippen molar-refractivity contribution in [3.05, 3.63) is 30.4 Å². The van der Waals surface area contributed by atoms with Crippen molar-refractivity contribution >= 4 is 11.2 Å². The number of hydrogen-bond donors (Lipinski definition) is 1. The molecule has 0 aromatic carbocycles. The molecule has 1 aliphatic rings. The van der Waals surface area contributed by atoms with E-state index < -0.39 is 11.9 Å². The van der Waals surface area contributed by atoms with Gasteiger partial charge in [-0.05, 0) is 32.0 Å². The van der Waals surface area contributed by atoms with E-state index in [0.717, 1.165) is 25.6 Å². The number of nitrogens with zero attached hydrogens (tertiary/aromatic N) is 5. The summed E-state index contributed by atoms with van der Waals surface area (Å²) in [5.74, 6) is 0.852. The van der Waals surface area contributed by atoms with Crippen LogP contribution in [-0.4, -0.2) is 43.7 Å². The number of rotatable bonds is 4. The first-order valence-corrected chi connectivity index (χ1v) is 8.59. The van der Waals surface area contributed by atoms with Gasteiger partial charge in [0.25, 0.3) is 0 Å². The van der Waals surface area contributed by atoms with Crippen LogP contribution >= 0.6 is 0 Å². The van der Waals surface area contributed by atoms with Gasteiger partial charge < -0.3 is 14.6 Å². The Bertz CT molecular complexity index is 948. The average molecular weight is 378 g/mol. The Morgan fingerprint density at radius 1 is 1.26 bits per heavy atom. The zero-order valence-electron chi connectivity index (χ0n) is 14.5. The molecule has 0 amide bonds. The molecule has 4 rings (SSSR count). The van der Waals surface area contributed by atoms with Gasteiger partial charge in [0.2, 0.25) is 5.88 Å². The van der Waals surface area contributed by atoms with E-state index in [-0.39, 0.29) is 6.10 Å². The number of imidazole rings is 1. The Morgan fingerprint density at radius 2 is 2.11 bits per heavy atom. The summed E-state index contributed by atoms with van der Waals surface area (Å²) in [7, 11) is 0. The molecule has 1 N–H and O–H groups in total. The zero-order valence-corrected chi connectivity index (χ0v) is 14.5. The number of fused-ring (bicyclic) bond motifs is 1. The molecule has 0 radical (unpaired) electrons. The topological polar surface area (TPSA) is 77.8 Å². The molecule has 1 aliphatic heterocycles. The maximum Gasteiger partial charge on any atom is 0.433 e. The quantitative estimate of drug-likeness (QED) is 0.752. The monoisotopic (exact) mass is 378 g/mol. The van der Waals surface area contributed by atoms with Crippen LogP contribution in [0, 0.1) is 0 Å². The molecule has 1 unspecified atom stereocenters. The second-order valence-electron chi connectivity index (χ2n) is 6.19. The van der Waals surface area contributed by atoms with Crippen LogP contribution in [0.5, 0.6) is 5.88 Å². The summed E-state index contributed by atoms with van der Waals surface area (Å²) in [4.78, 5) is 16.6. The molecule has 7 nitrogen and oxygen atoms in total. The number of nitrogens with one attached hydrogen (secondary N) is 1. The highest BCUT2D eigenvalue weighted by atomic mass is 19.4. The number of halogens is 3. The van der Waals surface area contributed by atoms with E-state index in [1.54, 1.807) is 4.57 Å². The van der Waals surface area contributed by atoms with E-state index in [4.69, 9.17) is 4.74 Å². The van der Waals surface area contributed by atoms with Crippen LogP contribution in [-0.2, 0) is 12.7 Å². The molecule has 0 bridgehead atoms. The molecule has 0 saturated carbocycles. The minimum Gasteiger partial charge on any atom is -0.471 e. The van der Waals surface area contributed by atoms with Gasteiger partial charge in [-0.1, -0.05) is 0 Å². The van der Waals surface area contributed by atoms with Crippen LogP contribution in [0.2, 0.25) is 0 Å². The molecule has 10 heteroatoms. The summed E-state index contributed by atoms with van der Waals surface area (Å²) < 4.78 is 46.0. The average Bonchev–Trinajstić information content (AvgIpc) is 3.28. The molecule has 1 saturated heterocycles. The molecule has 1 fully saturated rings. The van der Waals surface area contributed by atoms with Gasteiger partial charge >= 0.3 is 6.18 Å². The normalized spacial score (nSPS) is 17.6. The molecule has 4 heterocycles. The molecule has 3 aromatic heterocycles. The van der Waals surface area contributed by atoms with Gasteiger partial charge in [0.1, 0.15) is 23.9 Å². The van der Waals surface area contributed by atoms with Gasteiger partial charge in [-0.2, -0.15) is 18.2 Å². The van der Waals surface area contributed by atoms with E-state index in [0.29, 0.717) is 35.0 Å². The van der Waals surface area contributed by atoms with Crippen molar-refractivity contribution in [1.29, 1.82) is 0 Å². The first-order chi connectivity index (χ1) is 13.0. The molecule has 142 valence electrons. The fourth-order valence-corrected chi connectivity index (χ4v) is 3.10. The molecule has 1 atom stereocenters. The Balaban J connectivity index is 1.76. The summed E-state index contributed by atoms with van der Waals surface area (Å²) in [6, 6.07) is 2.31. The fraction of sp³-hybridized carbons (Fsp3) is 0.412. The highest BCUT2D eigenvalue weighted by molar-refractivity contribution is 5.81. The zero-order chi connectivity index (χ0) is 19.0. The second kappa shape index (κ2) is 6.76. The lowest BCUT2D eigenvalue weighted by Gasteiger charge is -2.11. The maximum absolute atomic E-state index is 12.8. The molecule has 0 spiro atoms. The third-order valence-electron chi connectivity index (χ3n) is 4.42. The molecular formula is C17H17F3N6O. The number of alkyl halides is 3. The van der Waals surface area contributed by atoms with Crippen molar-refractivity contribution in [3.8, 4) is 17.3 Å². The fourth-order valence-electron chi connectivity index (χ4n) is 3.10. The van der Waals surface area contributed by atoms with Crippen molar-refractivity contribution in [3.63, 3.8) is 0 Å². The largest absolute Gasteiger partial charge is 0.471 e. The van der Waals surface area contributed by atoms with E-state index in [9.17, 15) is 13.2 Å². The van der Waals surface area contributed by atoms with Crippen LogP contribution in [0.3, 0.4) is 0 Å². The van der Waals surface area contributed by atoms with Gasteiger partial charge in [-0.15, -0.1) is 0 Å². The summed E-state index contributed by atoms with van der Waals surface area (Å²) in [6.07, 6.45) is -1.03. The first-order valence-electron chi connectivity index (χ1n) is 8.59. The molecule has 0 aliphatic carbocycles. The first kappa shape index (κ1) is 17.7. The molecule has 3 aromatic rings. The van der Waals surface area contributed by atoms with E-state index in [1.807, 2.05) is 6.92 Å². The summed E-state index contributed by atoms with van der Waals surface area (Å²) >= 11 is 0. The van der Waals surface area contributed by atoms with Crippen molar-refractivity contribution in [2.24, 2.45) is 0 Å². The van der Waals surface area contributed by atoms with Gasteiger partial charge in [-0.3, -0.25) is 4.98 Å². The summed E-state index contributed by atoms with van der Waals surface area (Å²) in [5.41, 5.74) is 0.587. The van der Waals surface area contributed by atoms with Crippen molar-refractivity contribution in [1.82, 2.24) is 29.8 Å². The second-order valence-corrected chi connectivity index (χ2v) is 6.19. The smallest absolute Gasteiger partial charge is 0.433 e. The minimum absolute atomic E-state index is 0.00561.